The lowest BCUT2D eigenvalue weighted by molar-refractivity contribution is -0.135. The molecule has 1 aliphatic heterocycles. The van der Waals surface area contributed by atoms with Gasteiger partial charge in [-0.05, 0) is 41.1 Å². The van der Waals surface area contributed by atoms with E-state index in [0.717, 1.165) is 12.0 Å². The van der Waals surface area contributed by atoms with Crippen LogP contribution in [-0.2, 0) is 11.2 Å². The van der Waals surface area contributed by atoms with Crippen molar-refractivity contribution >= 4 is 17.2 Å². The number of nitrogens with zero attached hydrogens (tertiary/aromatic N) is 1. The molecule has 0 aliphatic carbocycles. The van der Waals surface area contributed by atoms with Gasteiger partial charge in [-0.3, -0.25) is 4.79 Å². The first-order valence-corrected chi connectivity index (χ1v) is 9.82. The van der Waals surface area contributed by atoms with E-state index in [1.165, 1.54) is 10.4 Å². The smallest absolute Gasteiger partial charge is 0.261 e. The number of hydrogen-bond acceptors (Lipinski definition) is 4. The molecule has 4 nitrogen and oxygen atoms in total. The third-order valence-electron chi connectivity index (χ3n) is 4.82. The van der Waals surface area contributed by atoms with Gasteiger partial charge in [0.15, 0.2) is 18.1 Å². The van der Waals surface area contributed by atoms with Gasteiger partial charge in [-0.15, -0.1) is 11.3 Å². The van der Waals surface area contributed by atoms with Gasteiger partial charge >= 0.3 is 0 Å². The molecule has 1 amide bonds. The highest BCUT2D eigenvalue weighted by molar-refractivity contribution is 7.10. The molecule has 4 rings (SSSR count). The zero-order chi connectivity index (χ0) is 18.6. The second-order valence-electron chi connectivity index (χ2n) is 6.39. The van der Waals surface area contributed by atoms with E-state index in [9.17, 15) is 4.79 Å². The summed E-state index contributed by atoms with van der Waals surface area (Å²) in [6.07, 6.45) is 0.886. The van der Waals surface area contributed by atoms with Gasteiger partial charge in [0.25, 0.3) is 5.91 Å². The molecule has 0 radical (unpaired) electrons. The molecule has 1 atom stereocenters. The summed E-state index contributed by atoms with van der Waals surface area (Å²) in [5.41, 5.74) is 2.35. The maximum Gasteiger partial charge on any atom is 0.261 e. The Balaban J connectivity index is 1.57. The van der Waals surface area contributed by atoms with Crippen molar-refractivity contribution in [2.75, 3.05) is 20.3 Å². The summed E-state index contributed by atoms with van der Waals surface area (Å²) in [6, 6.07) is 19.7. The first-order valence-electron chi connectivity index (χ1n) is 8.94. The summed E-state index contributed by atoms with van der Waals surface area (Å²) in [5, 5.41) is 2.11. The number of amides is 1. The molecule has 138 valence electrons. The van der Waals surface area contributed by atoms with Crippen LogP contribution in [0.25, 0.3) is 0 Å². The van der Waals surface area contributed by atoms with Crippen molar-refractivity contribution in [1.29, 1.82) is 0 Å². The zero-order valence-corrected chi connectivity index (χ0v) is 15.9. The van der Waals surface area contributed by atoms with Gasteiger partial charge in [0.1, 0.15) is 0 Å². The second kappa shape index (κ2) is 7.84. The predicted octanol–water partition coefficient (Wildman–Crippen LogP) is 4.31. The SMILES string of the molecule is COc1ccccc1OCC(=O)N1CCc2sccc2C1c1ccccc1. The number of benzene rings is 2. The number of thiophene rings is 1. The maximum absolute atomic E-state index is 13.0. The third kappa shape index (κ3) is 3.55. The zero-order valence-electron chi connectivity index (χ0n) is 15.1. The lowest BCUT2D eigenvalue weighted by atomic mass is 9.93. The Morgan fingerprint density at radius 2 is 1.81 bits per heavy atom. The molecule has 0 spiro atoms. The highest BCUT2D eigenvalue weighted by Gasteiger charge is 2.32. The minimum atomic E-state index is -0.0602. The van der Waals surface area contributed by atoms with Gasteiger partial charge in [0.2, 0.25) is 0 Å². The Hall–Kier alpha value is -2.79. The molecule has 27 heavy (non-hydrogen) atoms. The Morgan fingerprint density at radius 1 is 1.07 bits per heavy atom. The Morgan fingerprint density at radius 3 is 2.59 bits per heavy atom. The van der Waals surface area contributed by atoms with Crippen molar-refractivity contribution in [3.8, 4) is 11.5 Å². The van der Waals surface area contributed by atoms with E-state index >= 15 is 0 Å². The maximum atomic E-state index is 13.0. The molecule has 5 heteroatoms. The Kier molecular flexibility index (Phi) is 5.12. The Bertz CT molecular complexity index is 922. The molecular weight excluding hydrogens is 358 g/mol. The Labute approximate surface area is 163 Å². The number of carbonyl (C=O) groups is 1. The summed E-state index contributed by atoms with van der Waals surface area (Å²) in [7, 11) is 1.60. The summed E-state index contributed by atoms with van der Waals surface area (Å²) < 4.78 is 11.1. The molecule has 0 saturated carbocycles. The van der Waals surface area contributed by atoms with Gasteiger partial charge in [-0.1, -0.05) is 42.5 Å². The van der Waals surface area contributed by atoms with Crippen molar-refractivity contribution in [1.82, 2.24) is 4.90 Å². The van der Waals surface area contributed by atoms with Crippen LogP contribution in [-0.4, -0.2) is 31.1 Å². The summed E-state index contributed by atoms with van der Waals surface area (Å²) >= 11 is 1.77. The van der Waals surface area contributed by atoms with Gasteiger partial charge in [0, 0.05) is 11.4 Å². The van der Waals surface area contributed by atoms with Crippen LogP contribution in [0.4, 0.5) is 0 Å². The first kappa shape index (κ1) is 17.6. The van der Waals surface area contributed by atoms with Crippen molar-refractivity contribution < 1.29 is 14.3 Å². The quantitative estimate of drug-likeness (QED) is 0.663. The van der Waals surface area contributed by atoms with Crippen molar-refractivity contribution in [2.24, 2.45) is 0 Å². The van der Waals surface area contributed by atoms with E-state index in [0.29, 0.717) is 18.0 Å². The third-order valence-corrected chi connectivity index (χ3v) is 5.82. The topological polar surface area (TPSA) is 38.8 Å². The molecular formula is C22H21NO3S. The average Bonchev–Trinajstić information content (AvgIpc) is 3.21. The van der Waals surface area contributed by atoms with E-state index in [1.54, 1.807) is 18.4 Å². The molecule has 2 aromatic carbocycles. The molecule has 2 heterocycles. The van der Waals surface area contributed by atoms with Crippen molar-refractivity contribution in [2.45, 2.75) is 12.5 Å². The number of para-hydroxylation sites is 2. The number of rotatable bonds is 5. The van der Waals surface area contributed by atoms with Crippen LogP contribution in [0.3, 0.4) is 0 Å². The lowest BCUT2D eigenvalue weighted by Gasteiger charge is -2.36. The molecule has 1 aromatic heterocycles. The number of ether oxygens (including phenoxy) is 2. The van der Waals surface area contributed by atoms with Crippen molar-refractivity contribution in [3.63, 3.8) is 0 Å². The van der Waals surface area contributed by atoms with E-state index in [4.69, 9.17) is 9.47 Å². The molecule has 0 fully saturated rings. The van der Waals surface area contributed by atoms with Crippen LogP contribution < -0.4 is 9.47 Å². The molecule has 1 aliphatic rings. The second-order valence-corrected chi connectivity index (χ2v) is 7.39. The van der Waals surface area contributed by atoms with E-state index < -0.39 is 0 Å². The molecule has 0 saturated heterocycles. The fourth-order valence-corrected chi connectivity index (χ4v) is 4.44. The molecule has 1 unspecified atom stereocenters. The molecule has 0 N–H and O–H groups in total. The largest absolute Gasteiger partial charge is 0.493 e. The van der Waals surface area contributed by atoms with Crippen LogP contribution in [0.5, 0.6) is 11.5 Å². The fourth-order valence-electron chi connectivity index (χ4n) is 3.54. The summed E-state index contributed by atoms with van der Waals surface area (Å²) in [4.78, 5) is 16.3. The highest BCUT2D eigenvalue weighted by Crippen LogP contribution is 2.37. The molecule has 3 aromatic rings. The highest BCUT2D eigenvalue weighted by atomic mass is 32.1. The monoisotopic (exact) mass is 379 g/mol. The predicted molar refractivity (Wildman–Crippen MR) is 107 cm³/mol. The van der Waals surface area contributed by atoms with Crippen LogP contribution in [0, 0.1) is 0 Å². The minimum Gasteiger partial charge on any atom is -0.493 e. The van der Waals surface area contributed by atoms with E-state index in [2.05, 4.69) is 23.6 Å². The number of hydrogen-bond donors (Lipinski definition) is 0. The summed E-state index contributed by atoms with van der Waals surface area (Å²) in [6.45, 7) is 0.685. The number of carbonyl (C=O) groups excluding carboxylic acids is 1. The van der Waals surface area contributed by atoms with E-state index in [-0.39, 0.29) is 18.6 Å². The number of fused-ring (bicyclic) bond motifs is 1. The number of methoxy groups -OCH3 is 1. The fraction of sp³-hybridized carbons (Fsp3) is 0.227. The first-order chi connectivity index (χ1) is 13.3. The van der Waals surface area contributed by atoms with Gasteiger partial charge in [-0.25, -0.2) is 0 Å². The van der Waals surface area contributed by atoms with Gasteiger partial charge < -0.3 is 14.4 Å². The van der Waals surface area contributed by atoms with Crippen LogP contribution in [0.15, 0.2) is 66.0 Å². The molecule has 0 bridgehead atoms. The summed E-state index contributed by atoms with van der Waals surface area (Å²) in [5.74, 6) is 1.19. The van der Waals surface area contributed by atoms with Gasteiger partial charge in [0.05, 0.1) is 13.2 Å². The van der Waals surface area contributed by atoms with E-state index in [1.807, 2.05) is 47.4 Å². The van der Waals surface area contributed by atoms with Crippen LogP contribution in [0.1, 0.15) is 22.0 Å². The van der Waals surface area contributed by atoms with Crippen LogP contribution >= 0.6 is 11.3 Å². The van der Waals surface area contributed by atoms with Gasteiger partial charge in [-0.2, -0.15) is 0 Å². The minimum absolute atomic E-state index is 0.0107. The average molecular weight is 379 g/mol. The lowest BCUT2D eigenvalue weighted by Crippen LogP contribution is -2.42. The normalized spacial score (nSPS) is 15.9. The van der Waals surface area contributed by atoms with Crippen LogP contribution in [0.2, 0.25) is 0 Å². The standard InChI is InChI=1S/C22H21NO3S/c1-25-18-9-5-6-10-19(18)26-15-21(24)23-13-11-20-17(12-14-27-20)22(23)16-7-3-2-4-8-16/h2-10,12,14,22H,11,13,15H2,1H3. The van der Waals surface area contributed by atoms with Crippen molar-refractivity contribution in [3.05, 3.63) is 82.0 Å².